The Labute approximate surface area is 207 Å². The van der Waals surface area contributed by atoms with Gasteiger partial charge in [0.15, 0.2) is 0 Å². The number of hydrogen-bond acceptors (Lipinski definition) is 5. The Kier molecular flexibility index (Phi) is 9.66. The van der Waals surface area contributed by atoms with Crippen LogP contribution in [0.25, 0.3) is 0 Å². The maximum Gasteiger partial charge on any atom is 0.255 e. The summed E-state index contributed by atoms with van der Waals surface area (Å²) in [6.45, 7) is 5.74. The van der Waals surface area contributed by atoms with Gasteiger partial charge in [-0.2, -0.15) is 0 Å². The zero-order valence-electron chi connectivity index (χ0n) is 20.8. The summed E-state index contributed by atoms with van der Waals surface area (Å²) in [6.07, 6.45) is 3.74. The summed E-state index contributed by atoms with van der Waals surface area (Å²) in [5.74, 6) is 0.169. The minimum atomic E-state index is -0.265. The number of rotatable bonds is 10. The molecule has 2 aromatic carbocycles. The average Bonchev–Trinajstić information content (AvgIpc) is 2.85. The molecule has 188 valence electrons. The lowest BCUT2D eigenvalue weighted by molar-refractivity contribution is -0.128. The molecule has 0 radical (unpaired) electrons. The molecule has 2 unspecified atom stereocenters. The lowest BCUT2D eigenvalue weighted by atomic mass is 9.96. The van der Waals surface area contributed by atoms with Crippen LogP contribution in [-0.4, -0.2) is 55.4 Å². The Balaban J connectivity index is 1.49. The Morgan fingerprint density at radius 3 is 2.54 bits per heavy atom. The van der Waals surface area contributed by atoms with Crippen molar-refractivity contribution >= 4 is 29.1 Å². The number of ether oxygens (including phenoxy) is 1. The van der Waals surface area contributed by atoms with Crippen LogP contribution in [0.5, 0.6) is 5.75 Å². The molecule has 0 spiro atoms. The van der Waals surface area contributed by atoms with Gasteiger partial charge in [-0.3, -0.25) is 19.3 Å². The van der Waals surface area contributed by atoms with Crippen LogP contribution < -0.4 is 20.7 Å². The molecule has 0 aromatic heterocycles. The van der Waals surface area contributed by atoms with Gasteiger partial charge >= 0.3 is 0 Å². The van der Waals surface area contributed by atoms with Gasteiger partial charge in [-0.05, 0) is 69.1 Å². The topological polar surface area (TPSA) is 99.8 Å². The molecule has 1 saturated heterocycles. The number of benzene rings is 2. The number of carbonyl (C=O) groups is 3. The van der Waals surface area contributed by atoms with Gasteiger partial charge in [-0.15, -0.1) is 0 Å². The van der Waals surface area contributed by atoms with Crippen LogP contribution in [0.15, 0.2) is 48.5 Å². The summed E-state index contributed by atoms with van der Waals surface area (Å²) < 4.78 is 5.27. The molecule has 0 saturated carbocycles. The van der Waals surface area contributed by atoms with Crippen molar-refractivity contribution in [1.82, 2.24) is 10.2 Å². The maximum absolute atomic E-state index is 12.6. The van der Waals surface area contributed by atoms with Crippen molar-refractivity contribution in [2.75, 3.05) is 37.4 Å². The van der Waals surface area contributed by atoms with Crippen molar-refractivity contribution in [3.05, 3.63) is 54.1 Å². The van der Waals surface area contributed by atoms with Crippen molar-refractivity contribution in [1.29, 1.82) is 0 Å². The number of carbonyl (C=O) groups excluding carboxylic acids is 3. The van der Waals surface area contributed by atoms with E-state index in [4.69, 9.17) is 4.74 Å². The van der Waals surface area contributed by atoms with Crippen molar-refractivity contribution < 1.29 is 19.1 Å². The third-order valence-electron chi connectivity index (χ3n) is 6.14. The Morgan fingerprint density at radius 1 is 1.09 bits per heavy atom. The van der Waals surface area contributed by atoms with Crippen molar-refractivity contribution in [2.24, 2.45) is 5.92 Å². The van der Waals surface area contributed by atoms with Crippen LogP contribution in [0.1, 0.15) is 49.9 Å². The number of likely N-dealkylation sites (tertiary alicyclic amines) is 1. The SMILES string of the molecule is CCCC(C)NC(=O)C1CCCN(CC(=O)Nc2ccc(C(=O)Nc3ccccc3OC)cc2)C1. The van der Waals surface area contributed by atoms with E-state index in [0.29, 0.717) is 29.2 Å². The van der Waals surface area contributed by atoms with Gasteiger partial charge in [0.05, 0.1) is 25.3 Å². The number of piperidine rings is 1. The number of methoxy groups -OCH3 is 1. The summed E-state index contributed by atoms with van der Waals surface area (Å²) in [5, 5.41) is 8.81. The molecule has 0 aliphatic carbocycles. The monoisotopic (exact) mass is 480 g/mol. The Hall–Kier alpha value is -3.39. The van der Waals surface area contributed by atoms with E-state index in [-0.39, 0.29) is 36.2 Å². The molecular weight excluding hydrogens is 444 g/mol. The highest BCUT2D eigenvalue weighted by Gasteiger charge is 2.27. The van der Waals surface area contributed by atoms with E-state index >= 15 is 0 Å². The molecule has 8 heteroatoms. The third kappa shape index (κ3) is 7.82. The van der Waals surface area contributed by atoms with Crippen molar-refractivity contribution in [2.45, 2.75) is 45.6 Å². The average molecular weight is 481 g/mol. The first kappa shape index (κ1) is 26.2. The number of hydrogen-bond donors (Lipinski definition) is 3. The first-order chi connectivity index (χ1) is 16.9. The minimum absolute atomic E-state index is 0.0815. The summed E-state index contributed by atoms with van der Waals surface area (Å²) in [7, 11) is 1.55. The van der Waals surface area contributed by atoms with E-state index in [2.05, 4.69) is 22.9 Å². The van der Waals surface area contributed by atoms with Crippen LogP contribution in [0.3, 0.4) is 0 Å². The molecule has 0 bridgehead atoms. The predicted octanol–water partition coefficient (Wildman–Crippen LogP) is 3.90. The highest BCUT2D eigenvalue weighted by atomic mass is 16.5. The molecule has 1 fully saturated rings. The molecule has 2 aromatic rings. The second kappa shape index (κ2) is 12.9. The number of nitrogens with zero attached hydrogens (tertiary/aromatic N) is 1. The highest BCUT2D eigenvalue weighted by molar-refractivity contribution is 6.05. The van der Waals surface area contributed by atoms with Gasteiger partial charge in [0, 0.05) is 23.8 Å². The molecule has 1 aliphatic rings. The second-order valence-electron chi connectivity index (χ2n) is 9.05. The lowest BCUT2D eigenvalue weighted by Crippen LogP contribution is -2.47. The molecular formula is C27H36N4O4. The van der Waals surface area contributed by atoms with E-state index < -0.39 is 0 Å². The van der Waals surface area contributed by atoms with Gasteiger partial charge in [-0.1, -0.05) is 25.5 Å². The molecule has 8 nitrogen and oxygen atoms in total. The smallest absolute Gasteiger partial charge is 0.255 e. The third-order valence-corrected chi connectivity index (χ3v) is 6.14. The lowest BCUT2D eigenvalue weighted by Gasteiger charge is -2.32. The summed E-state index contributed by atoms with van der Waals surface area (Å²) in [4.78, 5) is 39.8. The van der Waals surface area contributed by atoms with E-state index in [1.165, 1.54) is 0 Å². The number of anilines is 2. The fourth-order valence-electron chi connectivity index (χ4n) is 4.33. The zero-order valence-corrected chi connectivity index (χ0v) is 20.8. The summed E-state index contributed by atoms with van der Waals surface area (Å²) in [5.41, 5.74) is 1.67. The normalized spacial score (nSPS) is 16.7. The standard InChI is InChI=1S/C27H36N4O4/c1-4-8-19(2)28-27(34)21-9-7-16-31(17-21)18-25(32)29-22-14-12-20(13-15-22)26(33)30-23-10-5-6-11-24(23)35-3/h5-6,10-15,19,21H,4,7-9,16-18H2,1-3H3,(H,28,34)(H,29,32)(H,30,33). The van der Waals surface area contributed by atoms with Crippen molar-refractivity contribution in [3.8, 4) is 5.75 Å². The molecule has 1 aliphatic heterocycles. The van der Waals surface area contributed by atoms with Crippen LogP contribution in [0, 0.1) is 5.92 Å². The minimum Gasteiger partial charge on any atom is -0.495 e. The molecule has 2 atom stereocenters. The number of nitrogens with one attached hydrogen (secondary N) is 3. The largest absolute Gasteiger partial charge is 0.495 e. The maximum atomic E-state index is 12.6. The van der Waals surface area contributed by atoms with Crippen molar-refractivity contribution in [3.63, 3.8) is 0 Å². The molecule has 3 rings (SSSR count). The second-order valence-corrected chi connectivity index (χ2v) is 9.05. The van der Waals surface area contributed by atoms with Crippen LogP contribution in [0.4, 0.5) is 11.4 Å². The van der Waals surface area contributed by atoms with Gasteiger partial charge in [0.2, 0.25) is 11.8 Å². The first-order valence-electron chi connectivity index (χ1n) is 12.3. The van der Waals surface area contributed by atoms with Gasteiger partial charge in [0.1, 0.15) is 5.75 Å². The fourth-order valence-corrected chi connectivity index (χ4v) is 4.33. The fraction of sp³-hybridized carbons (Fsp3) is 0.444. The van der Waals surface area contributed by atoms with Gasteiger partial charge < -0.3 is 20.7 Å². The molecule has 3 N–H and O–H groups in total. The first-order valence-corrected chi connectivity index (χ1v) is 12.3. The summed E-state index contributed by atoms with van der Waals surface area (Å²) in [6, 6.07) is 14.1. The predicted molar refractivity (Wildman–Crippen MR) is 138 cm³/mol. The zero-order chi connectivity index (χ0) is 25.2. The highest BCUT2D eigenvalue weighted by Crippen LogP contribution is 2.24. The number of para-hydroxylation sites is 2. The Bertz CT molecular complexity index is 1010. The molecule has 1 heterocycles. The van der Waals surface area contributed by atoms with E-state index in [0.717, 1.165) is 32.2 Å². The van der Waals surface area contributed by atoms with Gasteiger partial charge in [-0.25, -0.2) is 0 Å². The van der Waals surface area contributed by atoms with E-state index in [1.54, 1.807) is 43.5 Å². The van der Waals surface area contributed by atoms with Crippen LogP contribution in [0.2, 0.25) is 0 Å². The van der Waals surface area contributed by atoms with Crippen LogP contribution >= 0.6 is 0 Å². The van der Waals surface area contributed by atoms with E-state index in [9.17, 15) is 14.4 Å². The quantitative estimate of drug-likeness (QED) is 0.479. The molecule has 3 amide bonds. The number of amides is 3. The molecule has 35 heavy (non-hydrogen) atoms. The van der Waals surface area contributed by atoms with Crippen LogP contribution in [-0.2, 0) is 9.59 Å². The summed E-state index contributed by atoms with van der Waals surface area (Å²) >= 11 is 0. The van der Waals surface area contributed by atoms with Gasteiger partial charge in [0.25, 0.3) is 5.91 Å². The Morgan fingerprint density at radius 2 is 1.83 bits per heavy atom. The van der Waals surface area contributed by atoms with E-state index in [1.807, 2.05) is 24.0 Å².